The smallest absolute Gasteiger partial charge is 0.228 e. The van der Waals surface area contributed by atoms with Crippen LogP contribution in [0.5, 0.6) is 0 Å². The van der Waals surface area contributed by atoms with E-state index in [1.165, 1.54) is 5.56 Å². The first-order valence-electron chi connectivity index (χ1n) is 8.67. The van der Waals surface area contributed by atoms with Gasteiger partial charge in [0.05, 0.1) is 18.1 Å². The largest absolute Gasteiger partial charge is 0.372 e. The van der Waals surface area contributed by atoms with Crippen LogP contribution >= 0.6 is 0 Å². The summed E-state index contributed by atoms with van der Waals surface area (Å²) in [5.41, 5.74) is 3.25. The quantitative estimate of drug-likeness (QED) is 0.836. The molecule has 24 heavy (non-hydrogen) atoms. The Morgan fingerprint density at radius 3 is 2.38 bits per heavy atom. The molecule has 0 aliphatic carbocycles. The highest BCUT2D eigenvalue weighted by Gasteiger charge is 2.38. The molecule has 2 heterocycles. The van der Waals surface area contributed by atoms with E-state index in [1.54, 1.807) is 4.90 Å². The fourth-order valence-corrected chi connectivity index (χ4v) is 3.63. The zero-order valence-corrected chi connectivity index (χ0v) is 14.9. The van der Waals surface area contributed by atoms with Crippen molar-refractivity contribution in [3.05, 3.63) is 29.3 Å². The summed E-state index contributed by atoms with van der Waals surface area (Å²) in [4.78, 5) is 28.9. The number of ether oxygens (including phenoxy) is 1. The molecule has 0 radical (unpaired) electrons. The van der Waals surface area contributed by atoms with E-state index < -0.39 is 0 Å². The Kier molecular flexibility index (Phi) is 4.63. The lowest BCUT2D eigenvalue weighted by atomic mass is 10.1. The number of amides is 2. The van der Waals surface area contributed by atoms with Crippen molar-refractivity contribution in [1.82, 2.24) is 4.90 Å². The minimum absolute atomic E-state index is 0.0333. The van der Waals surface area contributed by atoms with Gasteiger partial charge in [-0.15, -0.1) is 0 Å². The summed E-state index contributed by atoms with van der Waals surface area (Å²) in [7, 11) is 0. The highest BCUT2D eigenvalue weighted by molar-refractivity contribution is 6.00. The van der Waals surface area contributed by atoms with Crippen LogP contribution in [0.25, 0.3) is 0 Å². The Bertz CT molecular complexity index is 648. The third-order valence-electron chi connectivity index (χ3n) is 5.01. The summed E-state index contributed by atoms with van der Waals surface area (Å²) in [6, 6.07) is 6.02. The van der Waals surface area contributed by atoms with Crippen molar-refractivity contribution in [1.29, 1.82) is 0 Å². The van der Waals surface area contributed by atoms with Crippen LogP contribution in [-0.4, -0.2) is 48.6 Å². The molecule has 0 unspecified atom stereocenters. The summed E-state index contributed by atoms with van der Waals surface area (Å²) in [5.74, 6) is -0.140. The minimum Gasteiger partial charge on any atom is -0.372 e. The van der Waals surface area contributed by atoms with Crippen molar-refractivity contribution in [2.45, 2.75) is 46.3 Å². The molecule has 0 bridgehead atoms. The number of hydrogen-bond acceptors (Lipinski definition) is 3. The minimum atomic E-state index is -0.253. The molecule has 0 spiro atoms. The van der Waals surface area contributed by atoms with Gasteiger partial charge in [-0.25, -0.2) is 0 Å². The number of aryl methyl sites for hydroxylation is 2. The number of carbonyl (C=O) groups excluding carboxylic acids is 2. The van der Waals surface area contributed by atoms with Gasteiger partial charge in [0.15, 0.2) is 0 Å². The molecular formula is C19H26N2O3. The Morgan fingerprint density at radius 1 is 1.08 bits per heavy atom. The Hall–Kier alpha value is -1.88. The molecule has 2 saturated heterocycles. The fraction of sp³-hybridized carbons (Fsp3) is 0.579. The van der Waals surface area contributed by atoms with Gasteiger partial charge in [0.1, 0.15) is 0 Å². The van der Waals surface area contributed by atoms with Gasteiger partial charge in [0.25, 0.3) is 0 Å². The van der Waals surface area contributed by atoms with Gasteiger partial charge < -0.3 is 14.5 Å². The maximum absolute atomic E-state index is 12.8. The van der Waals surface area contributed by atoms with E-state index in [4.69, 9.17) is 4.74 Å². The maximum atomic E-state index is 12.8. The zero-order valence-electron chi connectivity index (χ0n) is 14.9. The predicted molar refractivity (Wildman–Crippen MR) is 93.0 cm³/mol. The van der Waals surface area contributed by atoms with Crippen molar-refractivity contribution < 1.29 is 14.3 Å². The summed E-state index contributed by atoms with van der Waals surface area (Å²) in [6.07, 6.45) is 0.391. The lowest BCUT2D eigenvalue weighted by molar-refractivity contribution is -0.147. The molecule has 2 amide bonds. The Morgan fingerprint density at radius 2 is 1.75 bits per heavy atom. The van der Waals surface area contributed by atoms with E-state index in [2.05, 4.69) is 6.92 Å². The molecule has 1 aromatic carbocycles. The standard InChI is InChI=1S/C19H26N2O3/c1-12-5-6-17(7-13(12)2)21-11-16(8-18(21)22)19(23)20-9-14(3)24-15(4)10-20/h5-7,14-16H,8-11H2,1-4H3/t14-,15-,16+/m1/s1. The molecule has 2 aliphatic heterocycles. The van der Waals surface area contributed by atoms with Gasteiger partial charge >= 0.3 is 0 Å². The maximum Gasteiger partial charge on any atom is 0.228 e. The summed E-state index contributed by atoms with van der Waals surface area (Å²) in [6.45, 7) is 9.75. The number of nitrogens with zero attached hydrogens (tertiary/aromatic N) is 2. The average molecular weight is 330 g/mol. The molecule has 0 aromatic heterocycles. The van der Waals surface area contributed by atoms with Crippen LogP contribution in [0, 0.1) is 19.8 Å². The highest BCUT2D eigenvalue weighted by Crippen LogP contribution is 2.28. The van der Waals surface area contributed by atoms with E-state index >= 15 is 0 Å². The second kappa shape index (κ2) is 6.55. The third-order valence-corrected chi connectivity index (χ3v) is 5.01. The van der Waals surface area contributed by atoms with Crippen molar-refractivity contribution in [3.63, 3.8) is 0 Å². The van der Waals surface area contributed by atoms with Crippen LogP contribution in [-0.2, 0) is 14.3 Å². The molecule has 3 rings (SSSR count). The number of carbonyl (C=O) groups is 2. The van der Waals surface area contributed by atoms with Crippen molar-refractivity contribution >= 4 is 17.5 Å². The van der Waals surface area contributed by atoms with Crippen LogP contribution < -0.4 is 4.90 Å². The zero-order chi connectivity index (χ0) is 17.4. The van der Waals surface area contributed by atoms with E-state index in [0.29, 0.717) is 26.1 Å². The van der Waals surface area contributed by atoms with Crippen LogP contribution in [0.1, 0.15) is 31.4 Å². The molecule has 5 nitrogen and oxygen atoms in total. The molecule has 2 aliphatic rings. The molecule has 130 valence electrons. The second-order valence-corrected chi connectivity index (χ2v) is 7.17. The van der Waals surface area contributed by atoms with Gasteiger partial charge in [0.2, 0.25) is 11.8 Å². The summed E-state index contributed by atoms with van der Waals surface area (Å²) >= 11 is 0. The van der Waals surface area contributed by atoms with Crippen molar-refractivity contribution in [3.8, 4) is 0 Å². The molecular weight excluding hydrogens is 304 g/mol. The lowest BCUT2D eigenvalue weighted by Crippen LogP contribution is -2.50. The fourth-order valence-electron chi connectivity index (χ4n) is 3.63. The van der Waals surface area contributed by atoms with Gasteiger partial charge in [-0.05, 0) is 51.0 Å². The SMILES string of the molecule is Cc1ccc(N2C[C@@H](C(=O)N3C[C@@H](C)O[C@H](C)C3)CC2=O)cc1C. The first kappa shape index (κ1) is 17.0. The number of morpholine rings is 1. The van der Waals surface area contributed by atoms with Crippen LogP contribution in [0.15, 0.2) is 18.2 Å². The molecule has 1 aromatic rings. The van der Waals surface area contributed by atoms with Crippen molar-refractivity contribution in [2.24, 2.45) is 5.92 Å². The van der Waals surface area contributed by atoms with E-state index in [9.17, 15) is 9.59 Å². The van der Waals surface area contributed by atoms with E-state index in [0.717, 1.165) is 11.3 Å². The molecule has 3 atom stereocenters. The van der Waals surface area contributed by atoms with Crippen molar-refractivity contribution in [2.75, 3.05) is 24.5 Å². The number of benzene rings is 1. The van der Waals surface area contributed by atoms with Crippen LogP contribution in [0.2, 0.25) is 0 Å². The second-order valence-electron chi connectivity index (χ2n) is 7.17. The van der Waals surface area contributed by atoms with Crippen LogP contribution in [0.3, 0.4) is 0 Å². The summed E-state index contributed by atoms with van der Waals surface area (Å²) in [5, 5.41) is 0. The van der Waals surface area contributed by atoms with E-state index in [1.807, 2.05) is 43.9 Å². The van der Waals surface area contributed by atoms with Gasteiger partial charge in [-0.2, -0.15) is 0 Å². The number of anilines is 1. The highest BCUT2D eigenvalue weighted by atomic mass is 16.5. The van der Waals surface area contributed by atoms with Gasteiger partial charge in [-0.1, -0.05) is 6.07 Å². The van der Waals surface area contributed by atoms with Gasteiger partial charge in [0, 0.05) is 31.7 Å². The Labute approximate surface area is 143 Å². The normalized spacial score (nSPS) is 27.7. The molecule has 5 heteroatoms. The van der Waals surface area contributed by atoms with Crippen LogP contribution in [0.4, 0.5) is 5.69 Å². The first-order valence-corrected chi connectivity index (χ1v) is 8.67. The molecule has 0 N–H and O–H groups in total. The Balaban J connectivity index is 1.72. The monoisotopic (exact) mass is 330 g/mol. The topological polar surface area (TPSA) is 49.9 Å². The predicted octanol–water partition coefficient (Wildman–Crippen LogP) is 2.29. The van der Waals surface area contributed by atoms with Gasteiger partial charge in [-0.3, -0.25) is 9.59 Å². The number of rotatable bonds is 2. The molecule has 0 saturated carbocycles. The third kappa shape index (κ3) is 3.31. The number of hydrogen-bond donors (Lipinski definition) is 0. The van der Waals surface area contributed by atoms with E-state index in [-0.39, 0.29) is 29.9 Å². The summed E-state index contributed by atoms with van der Waals surface area (Å²) < 4.78 is 5.69. The lowest BCUT2D eigenvalue weighted by Gasteiger charge is -2.36. The average Bonchev–Trinajstić information content (AvgIpc) is 2.90. The molecule has 2 fully saturated rings. The first-order chi connectivity index (χ1) is 11.3.